The van der Waals surface area contributed by atoms with Gasteiger partial charge in [-0.2, -0.15) is 0 Å². The van der Waals surface area contributed by atoms with Crippen molar-refractivity contribution in [1.29, 1.82) is 0 Å². The number of aromatic nitrogens is 2. The third-order valence-electron chi connectivity index (χ3n) is 4.27. The normalized spacial score (nSPS) is 12.8. The zero-order chi connectivity index (χ0) is 18.8. The van der Waals surface area contributed by atoms with Crippen molar-refractivity contribution in [3.63, 3.8) is 0 Å². The topological polar surface area (TPSA) is 62.6 Å². The number of para-hydroxylation sites is 2. The maximum Gasteiger partial charge on any atom is 0.330 e. The van der Waals surface area contributed by atoms with Crippen molar-refractivity contribution < 1.29 is 19.0 Å². The van der Waals surface area contributed by atoms with E-state index < -0.39 is 5.97 Å². The second kappa shape index (κ2) is 7.32. The van der Waals surface area contributed by atoms with Crippen molar-refractivity contribution in [2.24, 2.45) is 0 Å². The highest BCUT2D eigenvalue weighted by Crippen LogP contribution is 2.40. The molecule has 0 fully saturated rings. The molecule has 0 N–H and O–H groups in total. The molecule has 0 unspecified atom stereocenters. The van der Waals surface area contributed by atoms with Gasteiger partial charge in [0.2, 0.25) is 6.79 Å². The first-order chi connectivity index (χ1) is 13.1. The van der Waals surface area contributed by atoms with E-state index in [9.17, 15) is 4.79 Å². The lowest BCUT2D eigenvalue weighted by Gasteiger charge is -2.07. The minimum Gasteiger partial charge on any atom is -0.461 e. The van der Waals surface area contributed by atoms with Crippen LogP contribution in [0.15, 0.2) is 42.5 Å². The molecule has 0 saturated carbocycles. The van der Waals surface area contributed by atoms with E-state index in [0.29, 0.717) is 23.1 Å². The molecule has 138 valence electrons. The number of hydrogen-bond donors (Lipinski definition) is 0. The van der Waals surface area contributed by atoms with E-state index in [-0.39, 0.29) is 13.4 Å². The number of carbonyl (C=O) groups is 1. The van der Waals surface area contributed by atoms with Gasteiger partial charge in [-0.05, 0) is 42.8 Å². The van der Waals surface area contributed by atoms with Crippen LogP contribution in [0.25, 0.3) is 17.1 Å². The van der Waals surface area contributed by atoms with E-state index in [1.54, 1.807) is 18.2 Å². The molecule has 1 aromatic heterocycles. The van der Waals surface area contributed by atoms with Crippen LogP contribution in [-0.4, -0.2) is 28.9 Å². The van der Waals surface area contributed by atoms with E-state index in [1.807, 2.05) is 35.8 Å². The quantitative estimate of drug-likeness (QED) is 0.491. The molecule has 2 aromatic carbocycles. The lowest BCUT2D eigenvalue weighted by molar-refractivity contribution is -0.137. The Labute approximate surface area is 160 Å². The summed E-state index contributed by atoms with van der Waals surface area (Å²) in [7, 11) is 0. The number of imidazole rings is 1. The van der Waals surface area contributed by atoms with Gasteiger partial charge < -0.3 is 18.8 Å². The molecule has 3 aromatic rings. The SMILES string of the molecule is Cc1nc2ccccc2n1CCOC(=O)C=Cc1cc(Cl)c2c(c1)OCO2. The van der Waals surface area contributed by atoms with Crippen LogP contribution < -0.4 is 9.47 Å². The van der Waals surface area contributed by atoms with E-state index in [4.69, 9.17) is 25.8 Å². The van der Waals surface area contributed by atoms with Crippen LogP contribution in [0.5, 0.6) is 11.5 Å². The Hall–Kier alpha value is -2.99. The Morgan fingerprint density at radius 1 is 1.33 bits per heavy atom. The van der Waals surface area contributed by atoms with Crippen LogP contribution in [0.4, 0.5) is 0 Å². The number of ether oxygens (including phenoxy) is 3. The Bertz CT molecular complexity index is 1040. The van der Waals surface area contributed by atoms with Gasteiger partial charge in [-0.3, -0.25) is 0 Å². The van der Waals surface area contributed by atoms with Crippen LogP contribution in [-0.2, 0) is 16.1 Å². The number of hydrogen-bond acceptors (Lipinski definition) is 5. The molecule has 0 amide bonds. The largest absolute Gasteiger partial charge is 0.461 e. The molecule has 0 aliphatic carbocycles. The average molecular weight is 385 g/mol. The number of aryl methyl sites for hydroxylation is 1. The highest BCUT2D eigenvalue weighted by molar-refractivity contribution is 6.32. The summed E-state index contributed by atoms with van der Waals surface area (Å²) in [6.07, 6.45) is 3.00. The summed E-state index contributed by atoms with van der Waals surface area (Å²) in [4.78, 5) is 16.5. The zero-order valence-corrected chi connectivity index (χ0v) is 15.4. The first-order valence-electron chi connectivity index (χ1n) is 8.47. The summed E-state index contributed by atoms with van der Waals surface area (Å²) in [5.41, 5.74) is 2.69. The van der Waals surface area contributed by atoms with Crippen LogP contribution in [0.2, 0.25) is 5.02 Å². The van der Waals surface area contributed by atoms with Gasteiger partial charge in [-0.15, -0.1) is 0 Å². The lowest BCUT2D eigenvalue weighted by Crippen LogP contribution is -2.10. The van der Waals surface area contributed by atoms with Crippen LogP contribution >= 0.6 is 11.6 Å². The molecule has 0 saturated heterocycles. The van der Waals surface area contributed by atoms with Gasteiger partial charge in [0.05, 0.1) is 22.6 Å². The van der Waals surface area contributed by atoms with E-state index in [0.717, 1.165) is 22.4 Å². The Balaban J connectivity index is 1.37. The fourth-order valence-corrected chi connectivity index (χ4v) is 3.29. The summed E-state index contributed by atoms with van der Waals surface area (Å²) in [5, 5.41) is 0.445. The highest BCUT2D eigenvalue weighted by Gasteiger charge is 2.17. The summed E-state index contributed by atoms with van der Waals surface area (Å²) in [6.45, 7) is 2.88. The first-order valence-corrected chi connectivity index (χ1v) is 8.85. The van der Waals surface area contributed by atoms with Crippen molar-refractivity contribution in [2.45, 2.75) is 13.5 Å². The van der Waals surface area contributed by atoms with Crippen molar-refractivity contribution in [3.8, 4) is 11.5 Å². The smallest absolute Gasteiger partial charge is 0.330 e. The van der Waals surface area contributed by atoms with Gasteiger partial charge in [-0.1, -0.05) is 23.7 Å². The average Bonchev–Trinajstić information content (AvgIpc) is 3.25. The summed E-state index contributed by atoms with van der Waals surface area (Å²) in [6, 6.07) is 11.3. The number of halogens is 1. The summed E-state index contributed by atoms with van der Waals surface area (Å²) in [5.74, 6) is 1.56. The molecule has 7 heteroatoms. The molecule has 0 spiro atoms. The Morgan fingerprint density at radius 3 is 3.07 bits per heavy atom. The molecular formula is C20H17ClN2O4. The monoisotopic (exact) mass is 384 g/mol. The van der Waals surface area contributed by atoms with E-state index in [1.165, 1.54) is 6.08 Å². The van der Waals surface area contributed by atoms with Gasteiger partial charge in [0, 0.05) is 6.08 Å². The van der Waals surface area contributed by atoms with Crippen LogP contribution in [0.3, 0.4) is 0 Å². The number of carbonyl (C=O) groups excluding carboxylic acids is 1. The number of rotatable bonds is 5. The number of nitrogens with zero attached hydrogens (tertiary/aromatic N) is 2. The lowest BCUT2D eigenvalue weighted by atomic mass is 10.2. The first kappa shape index (κ1) is 17.4. The van der Waals surface area contributed by atoms with Crippen LogP contribution in [0, 0.1) is 6.92 Å². The molecular weight excluding hydrogens is 368 g/mol. The molecule has 27 heavy (non-hydrogen) atoms. The second-order valence-electron chi connectivity index (χ2n) is 6.04. The minimum atomic E-state index is -0.425. The van der Waals surface area contributed by atoms with Crippen molar-refractivity contribution in [1.82, 2.24) is 9.55 Å². The van der Waals surface area contributed by atoms with Gasteiger partial charge in [0.15, 0.2) is 11.5 Å². The molecule has 2 heterocycles. The predicted octanol–water partition coefficient (Wildman–Crippen LogP) is 3.98. The fourth-order valence-electron chi connectivity index (χ4n) is 3.01. The highest BCUT2D eigenvalue weighted by atomic mass is 35.5. The fraction of sp³-hybridized carbons (Fsp3) is 0.200. The van der Waals surface area contributed by atoms with Crippen molar-refractivity contribution in [3.05, 3.63) is 58.9 Å². The zero-order valence-electron chi connectivity index (χ0n) is 14.6. The second-order valence-corrected chi connectivity index (χ2v) is 6.44. The van der Waals surface area contributed by atoms with Gasteiger partial charge in [0.25, 0.3) is 0 Å². The Kier molecular flexibility index (Phi) is 4.73. The van der Waals surface area contributed by atoms with Gasteiger partial charge in [-0.25, -0.2) is 9.78 Å². The van der Waals surface area contributed by atoms with Gasteiger partial charge in [0.1, 0.15) is 12.4 Å². The standard InChI is InChI=1S/C20H17ClN2O4/c1-13-22-16-4-2-3-5-17(16)23(13)8-9-25-19(24)7-6-14-10-15(21)20-18(11-14)26-12-27-20/h2-7,10-11H,8-9,12H2,1H3. The molecule has 0 radical (unpaired) electrons. The van der Waals surface area contributed by atoms with Crippen LogP contribution in [0.1, 0.15) is 11.4 Å². The number of fused-ring (bicyclic) bond motifs is 2. The van der Waals surface area contributed by atoms with E-state index >= 15 is 0 Å². The summed E-state index contributed by atoms with van der Waals surface area (Å²) < 4.78 is 17.9. The third kappa shape index (κ3) is 3.61. The minimum absolute atomic E-state index is 0.145. The van der Waals surface area contributed by atoms with E-state index in [2.05, 4.69) is 4.98 Å². The number of benzene rings is 2. The van der Waals surface area contributed by atoms with Gasteiger partial charge >= 0.3 is 5.97 Å². The third-order valence-corrected chi connectivity index (χ3v) is 4.55. The molecule has 1 aliphatic rings. The summed E-state index contributed by atoms with van der Waals surface area (Å²) >= 11 is 6.13. The Morgan fingerprint density at radius 2 is 2.19 bits per heavy atom. The maximum atomic E-state index is 12.0. The van der Waals surface area contributed by atoms with Crippen molar-refractivity contribution >= 4 is 34.7 Å². The molecule has 4 rings (SSSR count). The number of esters is 1. The molecule has 0 atom stereocenters. The maximum absolute atomic E-state index is 12.0. The molecule has 0 bridgehead atoms. The molecule has 6 nitrogen and oxygen atoms in total. The molecule has 1 aliphatic heterocycles. The predicted molar refractivity (Wildman–Crippen MR) is 102 cm³/mol. The van der Waals surface area contributed by atoms with Crippen molar-refractivity contribution in [2.75, 3.05) is 13.4 Å².